The molecule has 0 spiro atoms. The molecule has 1 aromatic carbocycles. The summed E-state index contributed by atoms with van der Waals surface area (Å²) in [6, 6.07) is 1.32. The van der Waals surface area contributed by atoms with Crippen LogP contribution in [0, 0.1) is 10.1 Å². The van der Waals surface area contributed by atoms with Gasteiger partial charge in [-0.1, -0.05) is 11.6 Å². The lowest BCUT2D eigenvalue weighted by Gasteiger charge is -2.27. The molecular formula is C11H8Cl4F3NO3. The fraction of sp³-hybridized carbons (Fsp3) is 0.455. The van der Waals surface area contributed by atoms with Crippen LogP contribution in [0.4, 0.5) is 18.9 Å². The predicted octanol–water partition coefficient (Wildman–Crippen LogP) is 4.89. The summed E-state index contributed by atoms with van der Waals surface area (Å²) in [6.07, 6.45) is -5.38. The highest BCUT2D eigenvalue weighted by Gasteiger charge is 2.43. The van der Waals surface area contributed by atoms with Crippen LogP contribution in [0.5, 0.6) is 0 Å². The van der Waals surface area contributed by atoms with Gasteiger partial charge in [-0.15, -0.1) is 34.8 Å². The minimum Gasteiger partial charge on any atom is -0.384 e. The van der Waals surface area contributed by atoms with Crippen LogP contribution in [-0.2, 0) is 11.8 Å². The number of nitrogens with zero attached hydrogens (tertiary/aromatic N) is 1. The lowest BCUT2D eigenvalue weighted by Crippen LogP contribution is -2.30. The first-order valence-corrected chi connectivity index (χ1v) is 7.33. The number of hydrogen-bond donors (Lipinski definition) is 1. The monoisotopic (exact) mass is 399 g/mol. The number of nitro groups is 1. The number of halogens is 7. The van der Waals surface area contributed by atoms with Crippen LogP contribution in [0.25, 0.3) is 0 Å². The lowest BCUT2D eigenvalue weighted by atomic mass is 9.91. The molecule has 0 amide bonds. The molecule has 0 radical (unpaired) electrons. The number of aliphatic hydroxyl groups is 1. The van der Waals surface area contributed by atoms with E-state index in [9.17, 15) is 28.4 Å². The van der Waals surface area contributed by atoms with Crippen LogP contribution < -0.4 is 0 Å². The van der Waals surface area contributed by atoms with E-state index in [1.807, 2.05) is 0 Å². The Hall–Kier alpha value is -0.470. The summed E-state index contributed by atoms with van der Waals surface area (Å²) in [5.74, 6) is -0.498. The number of alkyl halides is 6. The Balaban J connectivity index is 3.57. The Morgan fingerprint density at radius 1 is 1.32 bits per heavy atom. The van der Waals surface area contributed by atoms with Gasteiger partial charge in [0.25, 0.3) is 5.69 Å². The van der Waals surface area contributed by atoms with Crippen molar-refractivity contribution >= 4 is 52.1 Å². The van der Waals surface area contributed by atoms with Gasteiger partial charge >= 0.3 is 6.18 Å². The second kappa shape index (κ2) is 6.97. The number of hydrogen-bond acceptors (Lipinski definition) is 3. The van der Waals surface area contributed by atoms with E-state index in [2.05, 4.69) is 0 Å². The van der Waals surface area contributed by atoms with Crippen molar-refractivity contribution in [3.63, 3.8) is 0 Å². The van der Waals surface area contributed by atoms with E-state index in [1.165, 1.54) is 0 Å². The predicted molar refractivity (Wildman–Crippen MR) is 77.8 cm³/mol. The standard InChI is InChI=1S/C11H8Cl4F3NO3/c12-4-10(20,3-8(14)15)5-1-6(13)9(11(16,17)18)7(2-5)19(21)22/h1-2,8,20H,3-4H2. The molecule has 0 bridgehead atoms. The van der Waals surface area contributed by atoms with Crippen LogP contribution >= 0.6 is 46.4 Å². The molecule has 1 rings (SSSR count). The average Bonchev–Trinajstić information content (AvgIpc) is 2.35. The van der Waals surface area contributed by atoms with Crippen LogP contribution in [-0.4, -0.2) is 20.7 Å². The van der Waals surface area contributed by atoms with Gasteiger partial charge in [0, 0.05) is 12.5 Å². The van der Waals surface area contributed by atoms with Gasteiger partial charge in [0.2, 0.25) is 0 Å². The highest BCUT2D eigenvalue weighted by molar-refractivity contribution is 6.44. The molecule has 0 aliphatic carbocycles. The molecule has 0 saturated heterocycles. The Kier molecular flexibility index (Phi) is 6.20. The summed E-state index contributed by atoms with van der Waals surface area (Å²) in [5, 5.41) is 20.3. The van der Waals surface area contributed by atoms with Gasteiger partial charge in [0.05, 0.1) is 15.8 Å². The highest BCUT2D eigenvalue weighted by Crippen LogP contribution is 2.44. The zero-order chi connectivity index (χ0) is 17.3. The van der Waals surface area contributed by atoms with Gasteiger partial charge in [0.1, 0.15) is 10.4 Å². The highest BCUT2D eigenvalue weighted by atomic mass is 35.5. The van der Waals surface area contributed by atoms with Crippen LogP contribution in [0.15, 0.2) is 12.1 Å². The van der Waals surface area contributed by atoms with E-state index in [1.54, 1.807) is 0 Å². The first-order chi connectivity index (χ1) is 9.92. The third-order valence-corrected chi connectivity index (χ3v) is 3.85. The molecule has 0 fully saturated rings. The molecule has 0 saturated carbocycles. The topological polar surface area (TPSA) is 63.4 Å². The Labute approximate surface area is 142 Å². The van der Waals surface area contributed by atoms with Gasteiger partial charge in [-0.3, -0.25) is 10.1 Å². The second-order valence-corrected chi connectivity index (χ2v) is 6.32. The largest absolute Gasteiger partial charge is 0.424 e. The molecule has 1 unspecified atom stereocenters. The van der Waals surface area contributed by atoms with Gasteiger partial charge in [-0.05, 0) is 11.6 Å². The smallest absolute Gasteiger partial charge is 0.384 e. The zero-order valence-corrected chi connectivity index (χ0v) is 13.5. The number of rotatable bonds is 5. The van der Waals surface area contributed by atoms with Crippen molar-refractivity contribution in [1.82, 2.24) is 0 Å². The van der Waals surface area contributed by atoms with Gasteiger partial charge in [0.15, 0.2) is 5.56 Å². The van der Waals surface area contributed by atoms with E-state index in [-0.39, 0.29) is 12.0 Å². The maximum Gasteiger partial charge on any atom is 0.424 e. The summed E-state index contributed by atoms with van der Waals surface area (Å²) in [4.78, 5) is 8.55. The van der Waals surface area contributed by atoms with Crippen LogP contribution in [0.1, 0.15) is 17.5 Å². The molecule has 0 aliphatic rings. The molecule has 4 nitrogen and oxygen atoms in total. The van der Waals surface area contributed by atoms with Crippen molar-refractivity contribution in [2.45, 2.75) is 23.0 Å². The molecule has 124 valence electrons. The Morgan fingerprint density at radius 3 is 2.23 bits per heavy atom. The summed E-state index contributed by atoms with van der Waals surface area (Å²) in [6.45, 7) is 0. The summed E-state index contributed by atoms with van der Waals surface area (Å²) in [7, 11) is 0. The molecule has 1 aromatic rings. The second-order valence-electron chi connectivity index (χ2n) is 4.37. The van der Waals surface area contributed by atoms with Crippen molar-refractivity contribution < 1.29 is 23.2 Å². The third-order valence-electron chi connectivity index (χ3n) is 2.80. The zero-order valence-electron chi connectivity index (χ0n) is 10.5. The Bertz CT molecular complexity index is 582. The van der Waals surface area contributed by atoms with Crippen LogP contribution in [0.2, 0.25) is 5.02 Å². The fourth-order valence-corrected chi connectivity index (χ4v) is 2.89. The first kappa shape index (κ1) is 19.6. The van der Waals surface area contributed by atoms with E-state index < -0.39 is 43.7 Å². The van der Waals surface area contributed by atoms with Crippen LogP contribution in [0.3, 0.4) is 0 Å². The number of nitro benzene ring substituents is 1. The molecule has 1 atom stereocenters. The van der Waals surface area contributed by atoms with Crippen molar-refractivity contribution in [2.75, 3.05) is 5.88 Å². The van der Waals surface area contributed by atoms with Crippen molar-refractivity contribution in [1.29, 1.82) is 0 Å². The minimum absolute atomic E-state index is 0.279. The van der Waals surface area contributed by atoms with E-state index >= 15 is 0 Å². The van der Waals surface area contributed by atoms with Gasteiger partial charge in [-0.2, -0.15) is 13.2 Å². The maximum absolute atomic E-state index is 12.9. The molecule has 0 heterocycles. The molecule has 1 N–H and O–H groups in total. The third kappa shape index (κ3) is 4.29. The SMILES string of the molecule is O=[N+]([O-])c1cc(C(O)(CCl)CC(Cl)Cl)cc(Cl)c1C(F)(F)F. The van der Waals surface area contributed by atoms with Gasteiger partial charge < -0.3 is 5.11 Å². The maximum atomic E-state index is 12.9. The molecule has 22 heavy (non-hydrogen) atoms. The van der Waals surface area contributed by atoms with Crippen molar-refractivity contribution in [3.8, 4) is 0 Å². The van der Waals surface area contributed by atoms with Gasteiger partial charge in [-0.25, -0.2) is 0 Å². The summed E-state index contributed by atoms with van der Waals surface area (Å²) < 4.78 is 38.6. The molecular weight excluding hydrogens is 393 g/mol. The van der Waals surface area contributed by atoms with Crippen molar-refractivity contribution in [2.24, 2.45) is 0 Å². The summed E-state index contributed by atoms with van der Waals surface area (Å²) >= 11 is 22.2. The minimum atomic E-state index is -5.03. The Morgan fingerprint density at radius 2 is 1.86 bits per heavy atom. The van der Waals surface area contributed by atoms with Crippen molar-refractivity contribution in [3.05, 3.63) is 38.4 Å². The molecule has 0 aromatic heterocycles. The summed E-state index contributed by atoms with van der Waals surface area (Å²) in [5.41, 5.74) is -5.14. The molecule has 0 aliphatic heterocycles. The van der Waals surface area contributed by atoms with E-state index in [4.69, 9.17) is 46.4 Å². The quantitative estimate of drug-likeness (QED) is 0.435. The normalized spacial score (nSPS) is 15.0. The fourth-order valence-electron chi connectivity index (χ4n) is 1.79. The number of benzene rings is 1. The van der Waals surface area contributed by atoms with E-state index in [0.717, 1.165) is 6.07 Å². The first-order valence-electron chi connectivity index (χ1n) is 5.54. The molecule has 11 heteroatoms. The lowest BCUT2D eigenvalue weighted by molar-refractivity contribution is -0.388. The van der Waals surface area contributed by atoms with E-state index in [0.29, 0.717) is 6.07 Å². The average molecular weight is 401 g/mol.